The number of anilines is 1. The summed E-state index contributed by atoms with van der Waals surface area (Å²) < 4.78 is 10.1. The van der Waals surface area contributed by atoms with Crippen molar-refractivity contribution >= 4 is 40.1 Å². The van der Waals surface area contributed by atoms with E-state index in [1.807, 2.05) is 13.0 Å². The zero-order valence-corrected chi connectivity index (χ0v) is 19.9. The van der Waals surface area contributed by atoms with E-state index in [2.05, 4.69) is 10.3 Å². The number of quaternary nitrogens is 1. The zero-order valence-electron chi connectivity index (χ0n) is 18.4. The van der Waals surface area contributed by atoms with Crippen molar-refractivity contribution in [2.75, 3.05) is 32.6 Å². The molecular weight excluding hydrogens is 469 g/mol. The van der Waals surface area contributed by atoms with Crippen LogP contribution >= 0.6 is 11.6 Å². The number of benzene rings is 2. The first-order chi connectivity index (χ1) is 15.3. The summed E-state index contributed by atoms with van der Waals surface area (Å²) in [5.74, 6) is -0.271. The Hall–Kier alpha value is -2.94. The minimum atomic E-state index is -0.577. The number of nitrogens with one attached hydrogen (secondary N) is 3. The number of halogens is 2. The van der Waals surface area contributed by atoms with Crippen LogP contribution in [0.15, 0.2) is 30.3 Å². The van der Waals surface area contributed by atoms with Crippen LogP contribution in [0.3, 0.4) is 0 Å². The Balaban J connectivity index is 0.00000306. The predicted molar refractivity (Wildman–Crippen MR) is 121 cm³/mol. The number of H-pyrrole nitrogens is 1. The average molecular weight is 494 g/mol. The van der Waals surface area contributed by atoms with Gasteiger partial charge >= 0.3 is 5.97 Å². The number of aromatic nitrogens is 1. The molecule has 33 heavy (non-hydrogen) atoms. The van der Waals surface area contributed by atoms with Crippen LogP contribution in [0.5, 0.6) is 11.5 Å². The number of phenolic OH excluding ortho intramolecular Hbond substituents is 1. The predicted octanol–water partition coefficient (Wildman–Crippen LogP) is -0.533. The molecule has 2 aromatic carbocycles. The second-order valence-electron chi connectivity index (χ2n) is 7.88. The number of phenols is 1. The lowest BCUT2D eigenvalue weighted by Crippen LogP contribution is -3.14. The monoisotopic (exact) mass is 493 g/mol. The van der Waals surface area contributed by atoms with E-state index in [0.29, 0.717) is 27.4 Å². The van der Waals surface area contributed by atoms with Gasteiger partial charge in [0.25, 0.3) is 5.91 Å². The second-order valence-corrected chi connectivity index (χ2v) is 8.32. The fourth-order valence-corrected chi connectivity index (χ4v) is 4.49. The van der Waals surface area contributed by atoms with Gasteiger partial charge in [0, 0.05) is 27.9 Å². The van der Waals surface area contributed by atoms with Crippen molar-refractivity contribution in [3.63, 3.8) is 0 Å². The van der Waals surface area contributed by atoms with E-state index in [-0.39, 0.29) is 42.3 Å². The maximum atomic E-state index is 13.0. The molecule has 176 valence electrons. The first-order valence-electron chi connectivity index (χ1n) is 10.3. The van der Waals surface area contributed by atoms with Gasteiger partial charge < -0.3 is 42.2 Å². The fourth-order valence-electron chi connectivity index (χ4n) is 4.32. The van der Waals surface area contributed by atoms with Gasteiger partial charge in [-0.15, -0.1) is 0 Å². The molecule has 1 aromatic heterocycles. The van der Waals surface area contributed by atoms with E-state index in [4.69, 9.17) is 21.1 Å². The van der Waals surface area contributed by atoms with Crippen molar-refractivity contribution < 1.29 is 41.5 Å². The third kappa shape index (κ3) is 4.73. The SMILES string of the molecule is COC(=O)c1[nH]c2ccc(Cl)cc2c1NC(=O)C[NH+]1CCc2cc(O)c(OC)cc2[C@@H]1C.[Cl-]. The first-order valence-corrected chi connectivity index (χ1v) is 10.6. The molecule has 0 spiro atoms. The number of methoxy groups -OCH3 is 2. The van der Waals surface area contributed by atoms with Gasteiger partial charge in [-0.1, -0.05) is 11.6 Å². The molecule has 4 rings (SSSR count). The summed E-state index contributed by atoms with van der Waals surface area (Å²) in [6.45, 7) is 2.98. The highest BCUT2D eigenvalue weighted by molar-refractivity contribution is 6.31. The van der Waals surface area contributed by atoms with E-state index >= 15 is 0 Å². The van der Waals surface area contributed by atoms with Crippen LogP contribution in [0.25, 0.3) is 10.9 Å². The number of carbonyl (C=O) groups excluding carboxylic acids is 2. The lowest BCUT2D eigenvalue weighted by atomic mass is 9.93. The van der Waals surface area contributed by atoms with Crippen LogP contribution < -0.4 is 27.4 Å². The minimum absolute atomic E-state index is 0. The molecule has 4 N–H and O–H groups in total. The molecule has 1 amide bonds. The van der Waals surface area contributed by atoms with Crippen molar-refractivity contribution in [1.82, 2.24) is 4.98 Å². The number of hydrogen-bond acceptors (Lipinski definition) is 5. The molecule has 8 nitrogen and oxygen atoms in total. The molecule has 1 unspecified atom stereocenters. The van der Waals surface area contributed by atoms with Crippen molar-refractivity contribution in [3.05, 3.63) is 52.2 Å². The highest BCUT2D eigenvalue weighted by Crippen LogP contribution is 2.33. The highest BCUT2D eigenvalue weighted by Gasteiger charge is 2.31. The summed E-state index contributed by atoms with van der Waals surface area (Å²) in [5, 5.41) is 14.1. The van der Waals surface area contributed by atoms with Crippen LogP contribution in [0, 0.1) is 0 Å². The fraction of sp³-hybridized carbons (Fsp3) is 0.304. The third-order valence-electron chi connectivity index (χ3n) is 6.04. The van der Waals surface area contributed by atoms with E-state index < -0.39 is 5.97 Å². The summed E-state index contributed by atoms with van der Waals surface area (Å²) in [7, 11) is 2.80. The molecule has 2 atom stereocenters. The smallest absolute Gasteiger partial charge is 0.356 e. The number of aromatic hydroxyl groups is 1. The van der Waals surface area contributed by atoms with Crippen molar-refractivity contribution in [2.24, 2.45) is 0 Å². The quantitative estimate of drug-likeness (QED) is 0.357. The molecule has 0 radical (unpaired) electrons. The summed E-state index contributed by atoms with van der Waals surface area (Å²) in [6, 6.07) is 8.74. The Morgan fingerprint density at radius 1 is 1.27 bits per heavy atom. The number of rotatable bonds is 5. The largest absolute Gasteiger partial charge is 1.00 e. The Morgan fingerprint density at radius 3 is 2.73 bits per heavy atom. The number of hydrogen-bond donors (Lipinski definition) is 4. The molecule has 1 aliphatic rings. The molecule has 2 heterocycles. The average Bonchev–Trinajstić information content (AvgIpc) is 3.12. The van der Waals surface area contributed by atoms with Gasteiger partial charge in [-0.2, -0.15) is 0 Å². The Labute approximate surface area is 202 Å². The molecule has 1 aliphatic heterocycles. The van der Waals surface area contributed by atoms with Crippen LogP contribution in [0.2, 0.25) is 5.02 Å². The van der Waals surface area contributed by atoms with Gasteiger partial charge in [0.05, 0.1) is 26.5 Å². The van der Waals surface area contributed by atoms with Gasteiger partial charge in [-0.05, 0) is 42.8 Å². The molecule has 10 heteroatoms. The van der Waals surface area contributed by atoms with Gasteiger partial charge in [0.2, 0.25) is 0 Å². The van der Waals surface area contributed by atoms with Gasteiger partial charge in [0.1, 0.15) is 11.7 Å². The van der Waals surface area contributed by atoms with E-state index in [1.165, 1.54) is 14.2 Å². The molecule has 0 aliphatic carbocycles. The van der Waals surface area contributed by atoms with Crippen LogP contribution in [0.1, 0.15) is 34.6 Å². The van der Waals surface area contributed by atoms with Gasteiger partial charge in [0.15, 0.2) is 18.0 Å². The highest BCUT2D eigenvalue weighted by atomic mass is 35.5. The standard InChI is InChI=1S/C23H24ClN3O5.ClH/c1-12-15-10-19(31-2)18(28)8-13(15)6-7-27(12)11-20(29)26-21-16-9-14(24)4-5-17(16)25-22(21)23(30)32-3;/h4-5,8-10,12,25,28H,6-7,11H2,1-3H3,(H,26,29);1H/t12-;/m0./s1. The Morgan fingerprint density at radius 2 is 2.03 bits per heavy atom. The summed E-state index contributed by atoms with van der Waals surface area (Å²) in [4.78, 5) is 29.3. The molecular formula is C23H25Cl2N3O5. The summed E-state index contributed by atoms with van der Waals surface area (Å²) >= 11 is 6.13. The number of carbonyl (C=O) groups is 2. The maximum Gasteiger partial charge on any atom is 0.356 e. The van der Waals surface area contributed by atoms with Gasteiger partial charge in [-0.25, -0.2) is 4.79 Å². The van der Waals surface area contributed by atoms with E-state index in [9.17, 15) is 14.7 Å². The molecule has 0 fully saturated rings. The Kier molecular flexibility index (Phi) is 7.41. The number of ether oxygens (including phenoxy) is 2. The van der Waals surface area contributed by atoms with Crippen LogP contribution in [-0.2, 0) is 16.0 Å². The number of esters is 1. The van der Waals surface area contributed by atoms with Crippen LogP contribution in [0.4, 0.5) is 5.69 Å². The lowest BCUT2D eigenvalue weighted by Gasteiger charge is -2.32. The normalized spacial score (nSPS) is 17.1. The Bertz CT molecular complexity index is 1210. The molecule has 0 saturated carbocycles. The molecule has 3 aromatic rings. The number of aromatic amines is 1. The first kappa shape index (κ1) is 24.7. The third-order valence-corrected chi connectivity index (χ3v) is 6.27. The summed E-state index contributed by atoms with van der Waals surface area (Å²) in [6.07, 6.45) is 0.732. The molecule has 0 bridgehead atoms. The van der Waals surface area contributed by atoms with Crippen molar-refractivity contribution in [1.29, 1.82) is 0 Å². The molecule has 0 saturated heterocycles. The van der Waals surface area contributed by atoms with Crippen molar-refractivity contribution in [3.8, 4) is 11.5 Å². The van der Waals surface area contributed by atoms with Gasteiger partial charge in [-0.3, -0.25) is 4.79 Å². The topological polar surface area (TPSA) is 105 Å². The maximum absolute atomic E-state index is 13.0. The van der Waals surface area contributed by atoms with Crippen LogP contribution in [-0.4, -0.2) is 49.3 Å². The summed E-state index contributed by atoms with van der Waals surface area (Å²) in [5.41, 5.74) is 3.30. The number of amides is 1. The van der Waals surface area contributed by atoms with E-state index in [1.54, 1.807) is 24.3 Å². The minimum Gasteiger partial charge on any atom is -1.00 e. The lowest BCUT2D eigenvalue weighted by molar-refractivity contribution is -0.924. The number of fused-ring (bicyclic) bond motifs is 2. The zero-order chi connectivity index (χ0) is 23.0. The second kappa shape index (κ2) is 9.91. The van der Waals surface area contributed by atoms with E-state index in [0.717, 1.165) is 29.0 Å². The van der Waals surface area contributed by atoms with Crippen molar-refractivity contribution in [2.45, 2.75) is 19.4 Å².